The van der Waals surface area contributed by atoms with Gasteiger partial charge in [-0.15, -0.1) is 0 Å². The van der Waals surface area contributed by atoms with Crippen LogP contribution in [0.5, 0.6) is 0 Å². The third-order valence-corrected chi connectivity index (χ3v) is 3.53. The fourth-order valence-electron chi connectivity index (χ4n) is 2.24. The van der Waals surface area contributed by atoms with Crippen molar-refractivity contribution in [2.45, 2.75) is 13.5 Å². The van der Waals surface area contributed by atoms with Crippen molar-refractivity contribution in [3.8, 4) is 11.3 Å². The van der Waals surface area contributed by atoms with Gasteiger partial charge in [-0.1, -0.05) is 42.0 Å². The Hall–Kier alpha value is -3.15. The van der Waals surface area contributed by atoms with E-state index in [4.69, 9.17) is 5.73 Å². The van der Waals surface area contributed by atoms with Gasteiger partial charge in [-0.05, 0) is 24.6 Å². The normalized spacial score (nSPS) is 10.7. The van der Waals surface area contributed by atoms with Crippen LogP contribution >= 0.6 is 0 Å². The van der Waals surface area contributed by atoms with Crippen LogP contribution in [0.15, 0.2) is 58.1 Å². The van der Waals surface area contributed by atoms with Crippen LogP contribution in [-0.2, 0) is 6.54 Å². The molecule has 0 amide bonds. The molecule has 6 nitrogen and oxygen atoms in total. The molecular weight excluding hydrogens is 292 g/mol. The van der Waals surface area contributed by atoms with Crippen LogP contribution in [0.4, 0.5) is 5.69 Å². The molecule has 0 aliphatic carbocycles. The first kappa shape index (κ1) is 14.8. The van der Waals surface area contributed by atoms with E-state index >= 15 is 0 Å². The Kier molecular flexibility index (Phi) is 3.80. The Balaban J connectivity index is 2.03. The fourth-order valence-corrected chi connectivity index (χ4v) is 2.24. The number of benzene rings is 2. The monoisotopic (exact) mass is 308 g/mol. The lowest BCUT2D eigenvalue weighted by Crippen LogP contribution is -2.33. The van der Waals surface area contributed by atoms with Gasteiger partial charge in [-0.2, -0.15) is 5.10 Å². The number of anilines is 1. The van der Waals surface area contributed by atoms with Gasteiger partial charge < -0.3 is 5.73 Å². The summed E-state index contributed by atoms with van der Waals surface area (Å²) in [6.07, 6.45) is 0. The number of aryl methyl sites for hydroxylation is 1. The summed E-state index contributed by atoms with van der Waals surface area (Å²) in [6, 6.07) is 14.6. The Morgan fingerprint density at radius 3 is 2.35 bits per heavy atom. The van der Waals surface area contributed by atoms with Crippen LogP contribution in [0.1, 0.15) is 11.1 Å². The first-order valence-corrected chi connectivity index (χ1v) is 7.16. The van der Waals surface area contributed by atoms with E-state index in [1.165, 1.54) is 4.68 Å². The van der Waals surface area contributed by atoms with Gasteiger partial charge >= 0.3 is 5.69 Å². The molecule has 0 aliphatic rings. The van der Waals surface area contributed by atoms with Crippen LogP contribution < -0.4 is 17.0 Å². The molecule has 0 atom stereocenters. The molecule has 3 rings (SSSR count). The third kappa shape index (κ3) is 3.21. The minimum absolute atomic E-state index is 0.222. The van der Waals surface area contributed by atoms with E-state index in [0.29, 0.717) is 11.3 Å². The number of nitrogens with two attached hydrogens (primary N) is 1. The second-order valence-electron chi connectivity index (χ2n) is 5.37. The van der Waals surface area contributed by atoms with E-state index in [2.05, 4.69) is 10.1 Å². The molecule has 0 aliphatic heterocycles. The van der Waals surface area contributed by atoms with Gasteiger partial charge in [-0.25, -0.2) is 9.48 Å². The molecule has 3 N–H and O–H groups in total. The Morgan fingerprint density at radius 2 is 1.70 bits per heavy atom. The average molecular weight is 308 g/mol. The van der Waals surface area contributed by atoms with Gasteiger partial charge in [0.1, 0.15) is 0 Å². The predicted molar refractivity (Wildman–Crippen MR) is 89.2 cm³/mol. The maximum Gasteiger partial charge on any atom is 0.345 e. The largest absolute Gasteiger partial charge is 0.399 e. The number of H-pyrrole nitrogens is 1. The van der Waals surface area contributed by atoms with Crippen molar-refractivity contribution in [1.82, 2.24) is 14.8 Å². The zero-order valence-electron chi connectivity index (χ0n) is 12.6. The molecule has 3 aromatic rings. The maximum absolute atomic E-state index is 12.0. The standard InChI is InChI=1S/C17H16N4O2/c1-11-2-6-13(7-3-11)15-16(22)19-17(23)21(20-15)10-12-4-8-14(18)9-5-12/h2-9H,10,18H2,1H3,(H,19,22,23). The molecule has 0 bridgehead atoms. The quantitative estimate of drug-likeness (QED) is 0.718. The summed E-state index contributed by atoms with van der Waals surface area (Å²) in [6.45, 7) is 2.22. The highest BCUT2D eigenvalue weighted by atomic mass is 16.2. The van der Waals surface area contributed by atoms with Crippen molar-refractivity contribution in [2.75, 3.05) is 5.73 Å². The molecule has 6 heteroatoms. The van der Waals surface area contributed by atoms with Crippen molar-refractivity contribution >= 4 is 5.69 Å². The number of nitrogen functional groups attached to an aromatic ring is 1. The number of rotatable bonds is 3. The summed E-state index contributed by atoms with van der Waals surface area (Å²) < 4.78 is 1.24. The number of nitrogens with zero attached hydrogens (tertiary/aromatic N) is 2. The van der Waals surface area contributed by atoms with E-state index < -0.39 is 11.2 Å². The molecular formula is C17H16N4O2. The lowest BCUT2D eigenvalue weighted by molar-refractivity contribution is 0.612. The Bertz CT molecular complexity index is 938. The number of aromatic nitrogens is 3. The molecule has 1 aromatic heterocycles. The van der Waals surface area contributed by atoms with Gasteiger partial charge in [-0.3, -0.25) is 9.78 Å². The topological polar surface area (TPSA) is 93.8 Å². The molecule has 116 valence electrons. The van der Waals surface area contributed by atoms with Crippen LogP contribution in [0.25, 0.3) is 11.3 Å². The van der Waals surface area contributed by atoms with E-state index in [0.717, 1.165) is 11.1 Å². The zero-order valence-corrected chi connectivity index (χ0v) is 12.6. The van der Waals surface area contributed by atoms with Gasteiger partial charge in [0.2, 0.25) is 0 Å². The molecule has 2 aromatic carbocycles. The highest BCUT2D eigenvalue weighted by molar-refractivity contribution is 5.57. The van der Waals surface area contributed by atoms with Gasteiger partial charge in [0.25, 0.3) is 5.56 Å². The van der Waals surface area contributed by atoms with Crippen molar-refractivity contribution in [3.05, 3.63) is 80.5 Å². The third-order valence-electron chi connectivity index (χ3n) is 3.53. The van der Waals surface area contributed by atoms with Crippen LogP contribution in [0.2, 0.25) is 0 Å². The summed E-state index contributed by atoms with van der Waals surface area (Å²) >= 11 is 0. The molecule has 0 unspecified atom stereocenters. The SMILES string of the molecule is Cc1ccc(-c2nn(Cc3ccc(N)cc3)c(=O)[nH]c2=O)cc1. The van der Waals surface area contributed by atoms with Crippen LogP contribution in [0.3, 0.4) is 0 Å². The first-order valence-electron chi connectivity index (χ1n) is 7.16. The highest BCUT2D eigenvalue weighted by Crippen LogP contribution is 2.13. The number of hydrogen-bond donors (Lipinski definition) is 2. The number of aromatic amines is 1. The predicted octanol–water partition coefficient (Wildman–Crippen LogP) is 1.54. The van der Waals surface area contributed by atoms with Crippen molar-refractivity contribution in [1.29, 1.82) is 0 Å². The average Bonchev–Trinajstić information content (AvgIpc) is 2.53. The highest BCUT2D eigenvalue weighted by Gasteiger charge is 2.09. The van der Waals surface area contributed by atoms with Crippen LogP contribution in [0, 0.1) is 6.92 Å². The lowest BCUT2D eigenvalue weighted by Gasteiger charge is -2.07. The zero-order chi connectivity index (χ0) is 16.4. The Morgan fingerprint density at radius 1 is 1.04 bits per heavy atom. The summed E-state index contributed by atoms with van der Waals surface area (Å²) in [7, 11) is 0. The maximum atomic E-state index is 12.0. The molecule has 1 heterocycles. The van der Waals surface area contributed by atoms with Gasteiger partial charge in [0.15, 0.2) is 5.69 Å². The van der Waals surface area contributed by atoms with E-state index in [-0.39, 0.29) is 12.2 Å². The number of nitrogens with one attached hydrogen (secondary N) is 1. The molecule has 0 spiro atoms. The molecule has 0 radical (unpaired) electrons. The van der Waals surface area contributed by atoms with Crippen molar-refractivity contribution in [2.24, 2.45) is 0 Å². The minimum Gasteiger partial charge on any atom is -0.399 e. The van der Waals surface area contributed by atoms with Crippen molar-refractivity contribution < 1.29 is 0 Å². The summed E-state index contributed by atoms with van der Waals surface area (Å²) in [4.78, 5) is 26.3. The summed E-state index contributed by atoms with van der Waals surface area (Å²) in [5.41, 5.74) is 8.11. The second kappa shape index (κ2) is 5.92. The van der Waals surface area contributed by atoms with Gasteiger partial charge in [0, 0.05) is 11.3 Å². The van der Waals surface area contributed by atoms with E-state index in [1.807, 2.05) is 43.3 Å². The van der Waals surface area contributed by atoms with E-state index in [9.17, 15) is 9.59 Å². The number of hydrogen-bond acceptors (Lipinski definition) is 4. The molecule has 23 heavy (non-hydrogen) atoms. The summed E-state index contributed by atoms with van der Waals surface area (Å²) in [5, 5.41) is 4.22. The van der Waals surface area contributed by atoms with Crippen molar-refractivity contribution in [3.63, 3.8) is 0 Å². The minimum atomic E-state index is -0.539. The lowest BCUT2D eigenvalue weighted by atomic mass is 10.1. The molecule has 0 fully saturated rings. The second-order valence-corrected chi connectivity index (χ2v) is 5.37. The van der Waals surface area contributed by atoms with E-state index in [1.54, 1.807) is 12.1 Å². The first-order chi connectivity index (χ1) is 11.0. The smallest absolute Gasteiger partial charge is 0.345 e. The summed E-state index contributed by atoms with van der Waals surface area (Å²) in [5.74, 6) is 0. The van der Waals surface area contributed by atoms with Gasteiger partial charge in [0.05, 0.1) is 6.54 Å². The molecule has 0 saturated carbocycles. The molecule has 0 saturated heterocycles. The fraction of sp³-hybridized carbons (Fsp3) is 0.118. The van der Waals surface area contributed by atoms with Crippen LogP contribution in [-0.4, -0.2) is 14.8 Å². The Labute approximate surface area is 132 Å².